The van der Waals surface area contributed by atoms with Gasteiger partial charge in [-0.25, -0.2) is 4.98 Å². The SMILES string of the molecule is CNc1cc(C(=O)NCCCCCSC)cc(C)n1. The Labute approximate surface area is 119 Å². The third kappa shape index (κ3) is 5.96. The van der Waals surface area contributed by atoms with Crippen molar-refractivity contribution in [2.45, 2.75) is 26.2 Å². The second-order valence-corrected chi connectivity index (χ2v) is 5.43. The van der Waals surface area contributed by atoms with Crippen LogP contribution in [0.1, 0.15) is 35.3 Å². The number of amides is 1. The smallest absolute Gasteiger partial charge is 0.251 e. The molecule has 5 heteroatoms. The molecule has 4 nitrogen and oxygen atoms in total. The minimum Gasteiger partial charge on any atom is -0.373 e. The Morgan fingerprint density at radius 1 is 1.32 bits per heavy atom. The molecular weight excluding hydrogens is 258 g/mol. The number of anilines is 1. The van der Waals surface area contributed by atoms with Crippen molar-refractivity contribution in [1.29, 1.82) is 0 Å². The average Bonchev–Trinajstić information content (AvgIpc) is 2.41. The highest BCUT2D eigenvalue weighted by atomic mass is 32.2. The zero-order valence-electron chi connectivity index (χ0n) is 12.0. The van der Waals surface area contributed by atoms with Gasteiger partial charge in [0.15, 0.2) is 0 Å². The summed E-state index contributed by atoms with van der Waals surface area (Å²) in [4.78, 5) is 16.3. The number of hydrogen-bond acceptors (Lipinski definition) is 4. The summed E-state index contributed by atoms with van der Waals surface area (Å²) >= 11 is 1.87. The van der Waals surface area contributed by atoms with Crippen LogP contribution < -0.4 is 10.6 Å². The first kappa shape index (κ1) is 15.8. The van der Waals surface area contributed by atoms with Crippen LogP contribution in [0.2, 0.25) is 0 Å². The van der Waals surface area contributed by atoms with Gasteiger partial charge in [0.2, 0.25) is 0 Å². The first-order valence-electron chi connectivity index (χ1n) is 6.61. The zero-order valence-corrected chi connectivity index (χ0v) is 12.8. The van der Waals surface area contributed by atoms with Gasteiger partial charge in [0.25, 0.3) is 5.91 Å². The number of nitrogens with zero attached hydrogens (tertiary/aromatic N) is 1. The Kier molecular flexibility index (Phi) is 7.33. The van der Waals surface area contributed by atoms with Crippen molar-refractivity contribution in [3.8, 4) is 0 Å². The summed E-state index contributed by atoms with van der Waals surface area (Å²) in [5.74, 6) is 1.90. The molecule has 2 N–H and O–H groups in total. The van der Waals surface area contributed by atoms with Crippen molar-refractivity contribution in [3.05, 3.63) is 23.4 Å². The van der Waals surface area contributed by atoms with Crippen LogP contribution in [0.5, 0.6) is 0 Å². The topological polar surface area (TPSA) is 54.0 Å². The van der Waals surface area contributed by atoms with Crippen LogP contribution in [0.25, 0.3) is 0 Å². The number of thioether (sulfide) groups is 1. The van der Waals surface area contributed by atoms with Crippen LogP contribution in [0.15, 0.2) is 12.1 Å². The number of aryl methyl sites for hydroxylation is 1. The molecule has 1 amide bonds. The third-order valence-electron chi connectivity index (χ3n) is 2.78. The standard InChI is InChI=1S/C14H23N3OS/c1-11-9-12(10-13(15-2)17-11)14(18)16-7-5-4-6-8-19-3/h9-10H,4-8H2,1-3H3,(H,15,17)(H,16,18). The quantitative estimate of drug-likeness (QED) is 0.719. The fraction of sp³-hybridized carbons (Fsp3) is 0.571. The van der Waals surface area contributed by atoms with E-state index in [9.17, 15) is 4.79 Å². The molecule has 0 bridgehead atoms. The number of carbonyl (C=O) groups is 1. The number of pyridine rings is 1. The molecule has 0 aliphatic carbocycles. The lowest BCUT2D eigenvalue weighted by Gasteiger charge is -2.07. The number of nitrogens with one attached hydrogen (secondary N) is 2. The van der Waals surface area contributed by atoms with Gasteiger partial charge < -0.3 is 10.6 Å². The molecule has 0 unspecified atom stereocenters. The third-order valence-corrected chi connectivity index (χ3v) is 3.48. The maximum Gasteiger partial charge on any atom is 0.251 e. The predicted octanol–water partition coefficient (Wildman–Crippen LogP) is 2.69. The second kappa shape index (κ2) is 8.80. The van der Waals surface area contributed by atoms with Gasteiger partial charge in [-0.3, -0.25) is 4.79 Å². The van der Waals surface area contributed by atoms with Crippen molar-refractivity contribution < 1.29 is 4.79 Å². The van der Waals surface area contributed by atoms with E-state index >= 15 is 0 Å². The Balaban J connectivity index is 2.39. The summed E-state index contributed by atoms with van der Waals surface area (Å²) in [6.07, 6.45) is 5.54. The molecule has 0 spiro atoms. The molecule has 1 aromatic rings. The van der Waals surface area contributed by atoms with Gasteiger partial charge >= 0.3 is 0 Å². The lowest BCUT2D eigenvalue weighted by atomic mass is 10.2. The van der Waals surface area contributed by atoms with Gasteiger partial charge in [0, 0.05) is 24.8 Å². The number of hydrogen-bond donors (Lipinski definition) is 2. The molecular formula is C14H23N3OS. The zero-order chi connectivity index (χ0) is 14.1. The predicted molar refractivity (Wildman–Crippen MR) is 83.1 cm³/mol. The molecule has 0 aliphatic rings. The van der Waals surface area contributed by atoms with Crippen molar-refractivity contribution in [2.75, 3.05) is 30.9 Å². The Hall–Kier alpha value is -1.23. The van der Waals surface area contributed by atoms with E-state index in [-0.39, 0.29) is 5.91 Å². The van der Waals surface area contributed by atoms with E-state index in [4.69, 9.17) is 0 Å². The number of unbranched alkanes of at least 4 members (excludes halogenated alkanes) is 2. The largest absolute Gasteiger partial charge is 0.373 e. The number of aromatic nitrogens is 1. The van der Waals surface area contributed by atoms with Gasteiger partial charge in [-0.2, -0.15) is 11.8 Å². The van der Waals surface area contributed by atoms with Gasteiger partial charge in [0.05, 0.1) is 0 Å². The number of carbonyl (C=O) groups excluding carboxylic acids is 1. The summed E-state index contributed by atoms with van der Waals surface area (Å²) in [6.45, 7) is 2.63. The minimum absolute atomic E-state index is 0.0214. The number of rotatable bonds is 8. The lowest BCUT2D eigenvalue weighted by molar-refractivity contribution is 0.0953. The summed E-state index contributed by atoms with van der Waals surface area (Å²) < 4.78 is 0. The van der Waals surface area contributed by atoms with Crippen LogP contribution in [-0.2, 0) is 0 Å². The molecule has 0 aromatic carbocycles. The van der Waals surface area contributed by atoms with Crippen LogP contribution >= 0.6 is 11.8 Å². The minimum atomic E-state index is -0.0214. The molecule has 0 atom stereocenters. The van der Waals surface area contributed by atoms with Crippen molar-refractivity contribution in [3.63, 3.8) is 0 Å². The highest BCUT2D eigenvalue weighted by Gasteiger charge is 2.07. The molecule has 0 aliphatic heterocycles. The van der Waals surface area contributed by atoms with Gasteiger partial charge in [-0.15, -0.1) is 0 Å². The Bertz CT molecular complexity index is 410. The first-order valence-corrected chi connectivity index (χ1v) is 8.00. The molecule has 1 rings (SSSR count). The van der Waals surface area contributed by atoms with Crippen molar-refractivity contribution in [2.24, 2.45) is 0 Å². The van der Waals surface area contributed by atoms with Crippen molar-refractivity contribution >= 4 is 23.5 Å². The fourth-order valence-electron chi connectivity index (χ4n) is 1.78. The fourth-order valence-corrected chi connectivity index (χ4v) is 2.27. The lowest BCUT2D eigenvalue weighted by Crippen LogP contribution is -2.24. The van der Waals surface area contributed by atoms with E-state index in [2.05, 4.69) is 21.9 Å². The van der Waals surface area contributed by atoms with Gasteiger partial charge in [0.1, 0.15) is 5.82 Å². The van der Waals surface area contributed by atoms with E-state index in [1.54, 1.807) is 13.1 Å². The Morgan fingerprint density at radius 2 is 2.11 bits per heavy atom. The Morgan fingerprint density at radius 3 is 2.79 bits per heavy atom. The average molecular weight is 281 g/mol. The maximum atomic E-state index is 12.0. The normalized spacial score (nSPS) is 10.3. The van der Waals surface area contributed by atoms with E-state index in [0.717, 1.165) is 30.9 Å². The molecule has 0 radical (unpaired) electrons. The highest BCUT2D eigenvalue weighted by Crippen LogP contribution is 2.09. The summed E-state index contributed by atoms with van der Waals surface area (Å²) in [6, 6.07) is 3.58. The van der Waals surface area contributed by atoms with Crippen LogP contribution in [-0.4, -0.2) is 36.5 Å². The van der Waals surface area contributed by atoms with Crippen LogP contribution in [0, 0.1) is 6.92 Å². The van der Waals surface area contributed by atoms with E-state index in [1.807, 2.05) is 24.8 Å². The van der Waals surface area contributed by atoms with Gasteiger partial charge in [-0.05, 0) is 43.9 Å². The van der Waals surface area contributed by atoms with Crippen LogP contribution in [0.3, 0.4) is 0 Å². The monoisotopic (exact) mass is 281 g/mol. The highest BCUT2D eigenvalue weighted by molar-refractivity contribution is 7.98. The van der Waals surface area contributed by atoms with Gasteiger partial charge in [-0.1, -0.05) is 6.42 Å². The molecule has 0 saturated heterocycles. The molecule has 19 heavy (non-hydrogen) atoms. The summed E-state index contributed by atoms with van der Waals surface area (Å²) in [5, 5.41) is 5.91. The van der Waals surface area contributed by atoms with Crippen molar-refractivity contribution in [1.82, 2.24) is 10.3 Å². The molecule has 0 fully saturated rings. The summed E-state index contributed by atoms with van der Waals surface area (Å²) in [5.41, 5.74) is 1.51. The molecule has 106 valence electrons. The summed E-state index contributed by atoms with van der Waals surface area (Å²) in [7, 11) is 1.80. The van der Waals surface area contributed by atoms with E-state index in [0.29, 0.717) is 5.56 Å². The molecule has 1 aromatic heterocycles. The first-order chi connectivity index (χ1) is 9.17. The van der Waals surface area contributed by atoms with E-state index in [1.165, 1.54) is 12.2 Å². The maximum absolute atomic E-state index is 12.0. The molecule has 0 saturated carbocycles. The molecule has 1 heterocycles. The van der Waals surface area contributed by atoms with Crippen LogP contribution in [0.4, 0.5) is 5.82 Å². The second-order valence-electron chi connectivity index (χ2n) is 4.44. The van der Waals surface area contributed by atoms with E-state index < -0.39 is 0 Å².